The van der Waals surface area contributed by atoms with Crippen LogP contribution in [0, 0.1) is 25.2 Å². The van der Waals surface area contributed by atoms with Gasteiger partial charge in [-0.05, 0) is 43.0 Å². The van der Waals surface area contributed by atoms with Gasteiger partial charge in [-0.15, -0.1) is 0 Å². The second kappa shape index (κ2) is 8.75. The Bertz CT molecular complexity index is 1340. The van der Waals surface area contributed by atoms with E-state index in [1.807, 2.05) is 38.1 Å². The number of sulfone groups is 1. The van der Waals surface area contributed by atoms with Crippen LogP contribution in [-0.2, 0) is 21.2 Å². The third kappa shape index (κ3) is 4.45. The number of aryl methyl sites for hydroxylation is 1. The lowest BCUT2D eigenvalue weighted by atomic mass is 10.1. The van der Waals surface area contributed by atoms with E-state index in [1.165, 1.54) is 4.90 Å². The van der Waals surface area contributed by atoms with Gasteiger partial charge in [0.15, 0.2) is 0 Å². The highest BCUT2D eigenvalue weighted by Gasteiger charge is 2.42. The molecule has 0 bridgehead atoms. The molecule has 0 aliphatic carbocycles. The number of benzene rings is 1. The number of aliphatic imine (C=N–C) groups is 1. The summed E-state index contributed by atoms with van der Waals surface area (Å²) in [5.74, 6) is -1.01. The van der Waals surface area contributed by atoms with Gasteiger partial charge in [-0.25, -0.2) is 13.3 Å². The number of hydrogen-bond acceptors (Lipinski definition) is 6. The van der Waals surface area contributed by atoms with E-state index in [2.05, 4.69) is 26.1 Å². The number of nitrogens with zero attached hydrogens (tertiary/aromatic N) is 4. The van der Waals surface area contributed by atoms with Gasteiger partial charge in [-0.2, -0.15) is 9.39 Å². The molecule has 0 radical (unpaired) electrons. The molecule has 0 unspecified atom stereocenters. The Morgan fingerprint density at radius 1 is 1.18 bits per heavy atom. The lowest BCUT2D eigenvalue weighted by Crippen LogP contribution is -2.46. The summed E-state index contributed by atoms with van der Waals surface area (Å²) in [6.07, 6.45) is 1.62. The number of amides is 1. The van der Waals surface area contributed by atoms with Crippen molar-refractivity contribution in [2.75, 3.05) is 5.75 Å². The van der Waals surface area contributed by atoms with Gasteiger partial charge in [-0.1, -0.05) is 44.2 Å². The zero-order valence-electron chi connectivity index (χ0n) is 18.9. The molecule has 3 heterocycles. The smallest absolute Gasteiger partial charge is 0.283 e. The first-order chi connectivity index (χ1) is 15.6. The molecule has 1 amide bonds. The van der Waals surface area contributed by atoms with E-state index in [0.29, 0.717) is 6.54 Å². The Morgan fingerprint density at radius 2 is 1.88 bits per heavy atom. The molecular formula is C23H25N5O3S2. The highest BCUT2D eigenvalue weighted by molar-refractivity contribution is 8.16. The van der Waals surface area contributed by atoms with E-state index in [-0.39, 0.29) is 33.4 Å². The molecule has 2 aromatic rings. The lowest BCUT2D eigenvalue weighted by Gasteiger charge is -2.24. The monoisotopic (exact) mass is 483 g/mol. The standard InChI is InChI=1S/C23H25N5O3S2/c1-14(2)13-33(30,31)23-26-32-22-25-21(29)19(20(24)28(22)23)11-18-10-15(3)27(16(18)4)12-17-8-6-5-7-9-17/h5-11,14,24H,12-13H2,1-4H3/b19-11-,24-20?. The van der Waals surface area contributed by atoms with Crippen molar-refractivity contribution in [2.45, 2.75) is 34.2 Å². The SMILES string of the molecule is Cc1cc(/C=C2/C(=N)N3C(=NC2=O)SN=C3S(=O)(=O)CC(C)C)c(C)n1Cc1ccccc1. The van der Waals surface area contributed by atoms with E-state index < -0.39 is 15.7 Å². The predicted octanol–water partition coefficient (Wildman–Crippen LogP) is 3.80. The lowest BCUT2D eigenvalue weighted by molar-refractivity contribution is -0.114. The van der Waals surface area contributed by atoms with Crippen molar-refractivity contribution >= 4 is 49.9 Å². The summed E-state index contributed by atoms with van der Waals surface area (Å²) < 4.78 is 31.8. The van der Waals surface area contributed by atoms with Gasteiger partial charge in [0.1, 0.15) is 5.84 Å². The fraction of sp³-hybridized carbons (Fsp3) is 0.304. The normalized spacial score (nSPS) is 17.6. The molecule has 0 atom stereocenters. The van der Waals surface area contributed by atoms with E-state index >= 15 is 0 Å². The van der Waals surface area contributed by atoms with Crippen LogP contribution in [0.1, 0.15) is 36.4 Å². The van der Waals surface area contributed by atoms with Crippen LogP contribution in [-0.4, -0.2) is 45.7 Å². The van der Waals surface area contributed by atoms with Crippen LogP contribution in [0.4, 0.5) is 0 Å². The maximum absolute atomic E-state index is 12.8. The van der Waals surface area contributed by atoms with Crippen LogP contribution in [0.3, 0.4) is 0 Å². The van der Waals surface area contributed by atoms with Crippen molar-refractivity contribution in [3.05, 3.63) is 64.5 Å². The first-order valence-corrected chi connectivity index (χ1v) is 12.9. The number of carbonyl (C=O) groups excluding carboxylic acids is 1. The van der Waals surface area contributed by atoms with Crippen molar-refractivity contribution in [1.29, 1.82) is 5.41 Å². The zero-order valence-corrected chi connectivity index (χ0v) is 20.5. The maximum Gasteiger partial charge on any atom is 0.283 e. The van der Waals surface area contributed by atoms with Crippen molar-refractivity contribution in [2.24, 2.45) is 15.3 Å². The highest BCUT2D eigenvalue weighted by Crippen LogP contribution is 2.31. The second-order valence-corrected chi connectivity index (χ2v) is 11.1. The average molecular weight is 484 g/mol. The molecule has 2 aliphatic rings. The Morgan fingerprint density at radius 3 is 2.55 bits per heavy atom. The predicted molar refractivity (Wildman–Crippen MR) is 133 cm³/mol. The van der Waals surface area contributed by atoms with E-state index in [9.17, 15) is 13.2 Å². The van der Waals surface area contributed by atoms with Crippen LogP contribution in [0.25, 0.3) is 6.08 Å². The van der Waals surface area contributed by atoms with Gasteiger partial charge >= 0.3 is 0 Å². The molecule has 2 aliphatic heterocycles. The number of fused-ring (bicyclic) bond motifs is 1. The number of rotatable bonds is 5. The van der Waals surface area contributed by atoms with Gasteiger partial charge in [0, 0.05) is 17.9 Å². The Kier molecular flexibility index (Phi) is 6.15. The molecular weight excluding hydrogens is 458 g/mol. The summed E-state index contributed by atoms with van der Waals surface area (Å²) in [6.45, 7) is 8.23. The summed E-state index contributed by atoms with van der Waals surface area (Å²) in [4.78, 5) is 17.9. The first-order valence-electron chi connectivity index (χ1n) is 10.5. The van der Waals surface area contributed by atoms with Gasteiger partial charge in [-0.3, -0.25) is 10.2 Å². The van der Waals surface area contributed by atoms with E-state index in [0.717, 1.165) is 34.5 Å². The molecule has 0 saturated heterocycles. The van der Waals surface area contributed by atoms with Crippen molar-refractivity contribution in [3.63, 3.8) is 0 Å². The minimum absolute atomic E-state index is 0.0358. The largest absolute Gasteiger partial charge is 0.344 e. The summed E-state index contributed by atoms with van der Waals surface area (Å²) in [5, 5.41) is 8.51. The molecule has 0 spiro atoms. The zero-order chi connectivity index (χ0) is 23.9. The topological polar surface area (TPSA) is 108 Å². The number of hydrogen-bond donors (Lipinski definition) is 1. The Labute approximate surface area is 197 Å². The average Bonchev–Trinajstić information content (AvgIpc) is 3.28. The van der Waals surface area contributed by atoms with Crippen molar-refractivity contribution in [3.8, 4) is 0 Å². The Hall–Kier alpha value is -2.98. The third-order valence-corrected chi connectivity index (χ3v) is 8.17. The summed E-state index contributed by atoms with van der Waals surface area (Å²) in [6, 6.07) is 12.0. The molecule has 1 aromatic heterocycles. The summed E-state index contributed by atoms with van der Waals surface area (Å²) >= 11 is 0.807. The van der Waals surface area contributed by atoms with Crippen LogP contribution in [0.15, 0.2) is 51.4 Å². The second-order valence-electron chi connectivity index (χ2n) is 8.48. The quantitative estimate of drug-likeness (QED) is 0.514. The van der Waals surface area contributed by atoms with Crippen LogP contribution >= 0.6 is 11.9 Å². The van der Waals surface area contributed by atoms with E-state index in [1.54, 1.807) is 19.9 Å². The molecule has 1 aromatic carbocycles. The minimum atomic E-state index is -3.73. The van der Waals surface area contributed by atoms with Crippen LogP contribution in [0.2, 0.25) is 0 Å². The molecule has 10 heteroatoms. The molecule has 172 valence electrons. The van der Waals surface area contributed by atoms with Gasteiger partial charge < -0.3 is 4.57 Å². The third-order valence-electron chi connectivity index (χ3n) is 5.42. The molecule has 0 saturated carbocycles. The highest BCUT2D eigenvalue weighted by atomic mass is 32.2. The molecule has 0 fully saturated rings. The summed E-state index contributed by atoms with van der Waals surface area (Å²) in [7, 11) is -3.73. The maximum atomic E-state index is 12.8. The van der Waals surface area contributed by atoms with Crippen molar-refractivity contribution < 1.29 is 13.2 Å². The van der Waals surface area contributed by atoms with E-state index in [4.69, 9.17) is 5.41 Å². The first kappa shape index (κ1) is 23.2. The minimum Gasteiger partial charge on any atom is -0.344 e. The summed E-state index contributed by atoms with van der Waals surface area (Å²) in [5.41, 5.74) is 3.93. The fourth-order valence-corrected chi connectivity index (χ4v) is 6.58. The van der Waals surface area contributed by atoms with Crippen molar-refractivity contribution in [1.82, 2.24) is 9.47 Å². The molecule has 1 N–H and O–H groups in total. The van der Waals surface area contributed by atoms with Gasteiger partial charge in [0.2, 0.25) is 20.2 Å². The fourth-order valence-electron chi connectivity index (χ4n) is 3.85. The number of aromatic nitrogens is 1. The molecule has 4 rings (SSSR count). The number of amidine groups is 3. The number of carbonyl (C=O) groups is 1. The number of nitrogens with one attached hydrogen (secondary N) is 1. The van der Waals surface area contributed by atoms with Gasteiger partial charge in [0.25, 0.3) is 5.91 Å². The van der Waals surface area contributed by atoms with Crippen LogP contribution < -0.4 is 0 Å². The van der Waals surface area contributed by atoms with Gasteiger partial charge in [0.05, 0.1) is 23.3 Å². The molecule has 8 nitrogen and oxygen atoms in total. The van der Waals surface area contributed by atoms with Crippen LogP contribution in [0.5, 0.6) is 0 Å². The Balaban J connectivity index is 1.69. The molecule has 33 heavy (non-hydrogen) atoms.